The second-order valence-electron chi connectivity index (χ2n) is 2.67. The number of halogens is 6. The molecule has 4 atom stereocenters. The van der Waals surface area contributed by atoms with Gasteiger partial charge in [-0.1, -0.05) is 45.2 Å². The van der Waals surface area contributed by atoms with Gasteiger partial charge in [0.1, 0.15) is 24.7 Å². The molecule has 0 radical (unpaired) electrons. The fraction of sp³-hybridized carbons (Fsp3) is 1.00. The fourth-order valence-electron chi connectivity index (χ4n) is 1.05. The molecule has 12 heavy (non-hydrogen) atoms. The van der Waals surface area contributed by atoms with E-state index in [-0.39, 0.29) is 0 Å². The highest BCUT2D eigenvalue weighted by molar-refractivity contribution is 14.1. The smallest absolute Gasteiger partial charge is 0.147 e. The van der Waals surface area contributed by atoms with Gasteiger partial charge in [-0.05, 0) is 0 Å². The molecule has 0 amide bonds. The van der Waals surface area contributed by atoms with E-state index in [1.54, 1.807) is 0 Å². The maximum atomic E-state index is 12.9. The molecule has 1 aliphatic rings. The third-order valence-corrected chi connectivity index (χ3v) is 4.57. The van der Waals surface area contributed by atoms with Gasteiger partial charge in [-0.15, -0.1) is 0 Å². The van der Waals surface area contributed by atoms with E-state index in [4.69, 9.17) is 0 Å². The molecule has 1 aliphatic carbocycles. The maximum absolute atomic E-state index is 12.9. The standard InChI is InChI=1S/C6H6F4I2/c7-1-2(8)6(12)4(10)3(9)5(1)11/h1-6H. The van der Waals surface area contributed by atoms with E-state index < -0.39 is 32.5 Å². The fourth-order valence-corrected chi connectivity index (χ4v) is 2.64. The molecule has 0 heterocycles. The van der Waals surface area contributed by atoms with Gasteiger partial charge < -0.3 is 0 Å². The van der Waals surface area contributed by atoms with E-state index in [0.29, 0.717) is 0 Å². The number of hydrogen-bond acceptors (Lipinski definition) is 0. The summed E-state index contributed by atoms with van der Waals surface area (Å²) < 4.78 is 49.0. The van der Waals surface area contributed by atoms with Crippen LogP contribution in [0.15, 0.2) is 0 Å². The van der Waals surface area contributed by atoms with Crippen molar-refractivity contribution in [3.8, 4) is 0 Å². The first kappa shape index (κ1) is 11.3. The molecule has 0 N–H and O–H groups in total. The van der Waals surface area contributed by atoms with Gasteiger partial charge in [0.2, 0.25) is 0 Å². The van der Waals surface area contributed by atoms with Gasteiger partial charge in [0.25, 0.3) is 0 Å². The Labute approximate surface area is 94.7 Å². The average Bonchev–Trinajstić information content (AvgIpc) is 2.08. The molecular formula is C6H6F4I2. The Bertz CT molecular complexity index is 109. The van der Waals surface area contributed by atoms with Crippen molar-refractivity contribution in [3.63, 3.8) is 0 Å². The molecule has 0 aromatic carbocycles. The van der Waals surface area contributed by atoms with Crippen molar-refractivity contribution in [2.45, 2.75) is 32.5 Å². The first-order valence-electron chi connectivity index (χ1n) is 3.31. The van der Waals surface area contributed by atoms with Crippen molar-refractivity contribution in [2.24, 2.45) is 0 Å². The molecule has 4 unspecified atom stereocenters. The SMILES string of the molecule is FC1C(F)C(I)C(F)C(F)C1I. The Balaban J connectivity index is 2.76. The number of hydrogen-bond donors (Lipinski definition) is 0. The van der Waals surface area contributed by atoms with Gasteiger partial charge in [-0.3, -0.25) is 0 Å². The van der Waals surface area contributed by atoms with Crippen molar-refractivity contribution in [1.82, 2.24) is 0 Å². The van der Waals surface area contributed by atoms with Crippen LogP contribution >= 0.6 is 45.2 Å². The lowest BCUT2D eigenvalue weighted by Crippen LogP contribution is -2.53. The third-order valence-electron chi connectivity index (χ3n) is 1.83. The Morgan fingerprint density at radius 3 is 0.917 bits per heavy atom. The molecule has 1 rings (SSSR count). The van der Waals surface area contributed by atoms with Gasteiger partial charge >= 0.3 is 0 Å². The molecule has 0 aliphatic heterocycles. The lowest BCUT2D eigenvalue weighted by Gasteiger charge is -2.34. The zero-order chi connectivity index (χ0) is 9.46. The Hall–Kier alpha value is 1.18. The van der Waals surface area contributed by atoms with Crippen molar-refractivity contribution >= 4 is 45.2 Å². The van der Waals surface area contributed by atoms with Gasteiger partial charge in [-0.2, -0.15) is 0 Å². The molecule has 0 aromatic heterocycles. The topological polar surface area (TPSA) is 0 Å². The van der Waals surface area contributed by atoms with Crippen molar-refractivity contribution < 1.29 is 17.6 Å². The summed E-state index contributed by atoms with van der Waals surface area (Å²) in [5.41, 5.74) is 0. The molecule has 1 saturated carbocycles. The van der Waals surface area contributed by atoms with E-state index in [0.717, 1.165) is 0 Å². The van der Waals surface area contributed by atoms with Crippen molar-refractivity contribution in [3.05, 3.63) is 0 Å². The summed E-state index contributed by atoms with van der Waals surface area (Å²) in [6, 6.07) is 0. The summed E-state index contributed by atoms with van der Waals surface area (Å²) >= 11 is 2.83. The van der Waals surface area contributed by atoms with E-state index >= 15 is 0 Å². The summed E-state index contributed by atoms with van der Waals surface area (Å²) in [6.07, 6.45) is -7.58. The summed E-state index contributed by atoms with van der Waals surface area (Å²) in [7, 11) is 0. The van der Waals surface area contributed by atoms with Crippen LogP contribution in [-0.2, 0) is 0 Å². The number of alkyl halides is 6. The van der Waals surface area contributed by atoms with Gasteiger partial charge in [0, 0.05) is 0 Å². The molecule has 1 fully saturated rings. The summed E-state index contributed by atoms with van der Waals surface area (Å²) in [5.74, 6) is 0. The lowest BCUT2D eigenvalue weighted by atomic mass is 9.93. The van der Waals surface area contributed by atoms with Crippen molar-refractivity contribution in [2.75, 3.05) is 0 Å². The van der Waals surface area contributed by atoms with Crippen LogP contribution in [0, 0.1) is 0 Å². The zero-order valence-electron chi connectivity index (χ0n) is 5.73. The summed E-state index contributed by atoms with van der Waals surface area (Å²) in [4.78, 5) is 0. The van der Waals surface area contributed by atoms with Gasteiger partial charge in [0.05, 0.1) is 7.85 Å². The normalized spacial score (nSPS) is 55.5. The highest BCUT2D eigenvalue weighted by Gasteiger charge is 2.50. The average molecular weight is 408 g/mol. The van der Waals surface area contributed by atoms with Crippen LogP contribution in [0.25, 0.3) is 0 Å². The highest BCUT2D eigenvalue weighted by Crippen LogP contribution is 2.37. The number of rotatable bonds is 0. The van der Waals surface area contributed by atoms with Crippen LogP contribution in [-0.4, -0.2) is 32.5 Å². The second-order valence-corrected chi connectivity index (χ2v) is 5.54. The monoisotopic (exact) mass is 408 g/mol. The molecule has 0 spiro atoms. The molecule has 6 heteroatoms. The van der Waals surface area contributed by atoms with Gasteiger partial charge in [-0.25, -0.2) is 17.6 Å². The molecule has 72 valence electrons. The Morgan fingerprint density at radius 2 is 0.750 bits per heavy atom. The minimum atomic E-state index is -1.89. The van der Waals surface area contributed by atoms with Crippen molar-refractivity contribution in [1.29, 1.82) is 0 Å². The molecular weight excluding hydrogens is 402 g/mol. The summed E-state index contributed by atoms with van der Waals surface area (Å²) in [6.45, 7) is 0. The van der Waals surface area contributed by atoms with Gasteiger partial charge in [0.15, 0.2) is 0 Å². The largest absolute Gasteiger partial charge is 0.243 e. The zero-order valence-corrected chi connectivity index (χ0v) is 10.0. The van der Waals surface area contributed by atoms with Crippen LogP contribution in [0.2, 0.25) is 0 Å². The van der Waals surface area contributed by atoms with Crippen LogP contribution in [0.4, 0.5) is 17.6 Å². The molecule has 0 bridgehead atoms. The van der Waals surface area contributed by atoms with Crippen LogP contribution in [0.3, 0.4) is 0 Å². The quantitative estimate of drug-likeness (QED) is 0.329. The summed E-state index contributed by atoms with van der Waals surface area (Å²) in [5, 5.41) is 0. The Morgan fingerprint density at radius 1 is 0.583 bits per heavy atom. The predicted octanol–water partition coefficient (Wildman–Crippen LogP) is 2.96. The highest BCUT2D eigenvalue weighted by atomic mass is 127. The van der Waals surface area contributed by atoms with E-state index in [1.165, 1.54) is 45.2 Å². The van der Waals surface area contributed by atoms with Crippen LogP contribution in [0.1, 0.15) is 0 Å². The van der Waals surface area contributed by atoms with E-state index in [9.17, 15) is 17.6 Å². The lowest BCUT2D eigenvalue weighted by molar-refractivity contribution is 0.0370. The molecule has 0 aromatic rings. The predicted molar refractivity (Wildman–Crippen MR) is 55.2 cm³/mol. The maximum Gasteiger partial charge on any atom is 0.147 e. The van der Waals surface area contributed by atoms with E-state index in [1.807, 2.05) is 0 Å². The van der Waals surface area contributed by atoms with Crippen LogP contribution in [0.5, 0.6) is 0 Å². The Kier molecular flexibility index (Phi) is 3.88. The molecule has 0 nitrogen and oxygen atoms in total. The molecule has 0 saturated heterocycles. The second kappa shape index (κ2) is 4.14. The minimum absolute atomic E-state index is 1.21. The van der Waals surface area contributed by atoms with Crippen LogP contribution < -0.4 is 0 Å². The third kappa shape index (κ3) is 1.83. The first-order chi connectivity index (χ1) is 5.46. The first-order valence-corrected chi connectivity index (χ1v) is 5.80. The minimum Gasteiger partial charge on any atom is -0.243 e. The van der Waals surface area contributed by atoms with E-state index in [2.05, 4.69) is 0 Å².